The summed E-state index contributed by atoms with van der Waals surface area (Å²) in [6.45, 7) is 0.0750. The zero-order valence-corrected chi connectivity index (χ0v) is 19.5. The van der Waals surface area contributed by atoms with E-state index in [9.17, 15) is 9.59 Å². The van der Waals surface area contributed by atoms with Crippen molar-refractivity contribution in [3.8, 4) is 0 Å². The van der Waals surface area contributed by atoms with Crippen molar-refractivity contribution in [3.05, 3.63) is 40.5 Å². The summed E-state index contributed by atoms with van der Waals surface area (Å²) in [5.41, 5.74) is 9.15. The van der Waals surface area contributed by atoms with Crippen LogP contribution in [-0.2, 0) is 22.4 Å². The molecule has 0 saturated carbocycles. The Morgan fingerprint density at radius 3 is 2.94 bits per heavy atom. The van der Waals surface area contributed by atoms with E-state index in [4.69, 9.17) is 11.1 Å². The van der Waals surface area contributed by atoms with E-state index in [0.717, 1.165) is 41.0 Å². The number of aryl methyl sites for hydroxylation is 1. The zero-order chi connectivity index (χ0) is 23.5. The van der Waals surface area contributed by atoms with Gasteiger partial charge in [0.05, 0.1) is 11.9 Å². The summed E-state index contributed by atoms with van der Waals surface area (Å²) in [6, 6.07) is 5.46. The molecule has 1 aliphatic carbocycles. The van der Waals surface area contributed by atoms with Gasteiger partial charge in [0.2, 0.25) is 11.8 Å². The minimum Gasteiger partial charge on any atom is -0.398 e. The van der Waals surface area contributed by atoms with Gasteiger partial charge in [-0.2, -0.15) is 0 Å². The maximum absolute atomic E-state index is 12.6. The van der Waals surface area contributed by atoms with Gasteiger partial charge in [-0.05, 0) is 48.9 Å². The van der Waals surface area contributed by atoms with Gasteiger partial charge in [-0.25, -0.2) is 9.97 Å². The minimum absolute atomic E-state index is 0.0133. The minimum atomic E-state index is -0.172. The van der Waals surface area contributed by atoms with Crippen LogP contribution in [0.1, 0.15) is 28.8 Å². The van der Waals surface area contributed by atoms with Gasteiger partial charge in [0, 0.05) is 48.5 Å². The highest BCUT2D eigenvalue weighted by Gasteiger charge is 2.27. The molecule has 3 aromatic rings. The molecule has 2 amide bonds. The van der Waals surface area contributed by atoms with Gasteiger partial charge in [-0.1, -0.05) is 0 Å². The monoisotopic (exact) mass is 465 g/mol. The van der Waals surface area contributed by atoms with Crippen molar-refractivity contribution in [3.63, 3.8) is 0 Å². The molecule has 0 spiro atoms. The molecule has 0 aliphatic heterocycles. The number of nitrogens with zero attached hydrogens (tertiary/aromatic N) is 3. The molecule has 1 aromatic carbocycles. The quantitative estimate of drug-likeness (QED) is 0.313. The number of likely N-dealkylation sites (N-methyl/N-ethyl adjacent to an activating group) is 2. The Hall–Kier alpha value is -3.53. The lowest BCUT2D eigenvalue weighted by atomic mass is 9.85. The van der Waals surface area contributed by atoms with Crippen LogP contribution in [-0.4, -0.2) is 53.5 Å². The molecule has 0 saturated heterocycles. The van der Waals surface area contributed by atoms with Crippen LogP contribution in [0.5, 0.6) is 0 Å². The third-order valence-corrected chi connectivity index (χ3v) is 7.16. The first-order chi connectivity index (χ1) is 15.9. The molecule has 10 heteroatoms. The summed E-state index contributed by atoms with van der Waals surface area (Å²) < 4.78 is 0. The second-order valence-electron chi connectivity index (χ2n) is 8.26. The highest BCUT2D eigenvalue weighted by molar-refractivity contribution is 7.19. The molecule has 1 aliphatic rings. The molecular weight excluding hydrogens is 438 g/mol. The first kappa shape index (κ1) is 22.7. The molecular formula is C23H27N7O2S. The van der Waals surface area contributed by atoms with Crippen molar-refractivity contribution in [2.24, 2.45) is 5.92 Å². The van der Waals surface area contributed by atoms with Crippen molar-refractivity contribution >= 4 is 56.8 Å². The molecule has 1 unspecified atom stereocenters. The number of amides is 2. The smallest absolute Gasteiger partial charge is 0.239 e. The normalized spacial score (nSPS) is 15.0. The first-order valence-electron chi connectivity index (χ1n) is 10.8. The van der Waals surface area contributed by atoms with Gasteiger partial charge in [-0.15, -0.1) is 11.3 Å². The second kappa shape index (κ2) is 9.53. The number of nitrogens with one attached hydrogen (secondary N) is 3. The Morgan fingerprint density at radius 1 is 1.36 bits per heavy atom. The highest BCUT2D eigenvalue weighted by atomic mass is 32.1. The van der Waals surface area contributed by atoms with Gasteiger partial charge < -0.3 is 26.7 Å². The lowest BCUT2D eigenvalue weighted by Crippen LogP contribution is -2.37. The Balaban J connectivity index is 1.53. The molecule has 0 fully saturated rings. The number of benzene rings is 1. The topological polar surface area (TPSA) is 137 Å². The van der Waals surface area contributed by atoms with E-state index < -0.39 is 0 Å². The summed E-state index contributed by atoms with van der Waals surface area (Å²) in [5.74, 6) is 0.786. The molecule has 2 aromatic heterocycles. The summed E-state index contributed by atoms with van der Waals surface area (Å²) in [7, 11) is 3.23. The van der Waals surface area contributed by atoms with E-state index in [1.807, 2.05) is 12.1 Å². The van der Waals surface area contributed by atoms with Gasteiger partial charge >= 0.3 is 0 Å². The summed E-state index contributed by atoms with van der Waals surface area (Å²) >= 11 is 1.65. The fraction of sp³-hybridized carbons (Fsp3) is 0.348. The van der Waals surface area contributed by atoms with Gasteiger partial charge in [0.1, 0.15) is 17.0 Å². The summed E-state index contributed by atoms with van der Waals surface area (Å²) in [4.78, 5) is 36.7. The molecule has 172 valence electrons. The molecule has 33 heavy (non-hydrogen) atoms. The number of carbonyl (C=O) groups is 2. The number of aromatic nitrogens is 2. The number of nitrogen functional groups attached to an aromatic ring is 1. The van der Waals surface area contributed by atoms with Crippen LogP contribution in [0.4, 0.5) is 17.2 Å². The van der Waals surface area contributed by atoms with Crippen molar-refractivity contribution in [1.82, 2.24) is 20.2 Å². The fourth-order valence-corrected chi connectivity index (χ4v) is 5.45. The van der Waals surface area contributed by atoms with Crippen LogP contribution in [0, 0.1) is 11.3 Å². The highest BCUT2D eigenvalue weighted by Crippen LogP contribution is 2.41. The number of fused-ring (bicyclic) bond motifs is 3. The Morgan fingerprint density at radius 2 is 2.18 bits per heavy atom. The van der Waals surface area contributed by atoms with Crippen LogP contribution >= 0.6 is 11.3 Å². The van der Waals surface area contributed by atoms with Crippen molar-refractivity contribution in [2.45, 2.75) is 25.7 Å². The third-order valence-electron chi connectivity index (χ3n) is 6.00. The van der Waals surface area contributed by atoms with Crippen LogP contribution in [0.15, 0.2) is 24.5 Å². The largest absolute Gasteiger partial charge is 0.398 e. The van der Waals surface area contributed by atoms with E-state index in [1.165, 1.54) is 21.6 Å². The van der Waals surface area contributed by atoms with E-state index in [-0.39, 0.29) is 24.3 Å². The van der Waals surface area contributed by atoms with E-state index >= 15 is 0 Å². The average Bonchev–Trinajstić information content (AvgIpc) is 3.18. The lowest BCUT2D eigenvalue weighted by molar-refractivity contribution is -0.135. The molecule has 0 bridgehead atoms. The zero-order valence-electron chi connectivity index (χ0n) is 18.6. The molecule has 5 N–H and O–H groups in total. The molecule has 2 heterocycles. The van der Waals surface area contributed by atoms with Crippen molar-refractivity contribution in [2.75, 3.05) is 31.7 Å². The van der Waals surface area contributed by atoms with Crippen LogP contribution in [0.3, 0.4) is 0 Å². The van der Waals surface area contributed by atoms with Crippen LogP contribution in [0.2, 0.25) is 0 Å². The Bertz CT molecular complexity index is 1220. The lowest BCUT2D eigenvalue weighted by Gasteiger charge is -2.24. The van der Waals surface area contributed by atoms with Gasteiger partial charge in [-0.3, -0.25) is 9.59 Å². The van der Waals surface area contributed by atoms with Crippen molar-refractivity contribution in [1.29, 1.82) is 5.41 Å². The summed E-state index contributed by atoms with van der Waals surface area (Å²) in [5, 5.41) is 14.5. The number of carbonyl (C=O) groups excluding carboxylic acids is 2. The number of thiophene rings is 1. The van der Waals surface area contributed by atoms with E-state index in [0.29, 0.717) is 17.7 Å². The van der Waals surface area contributed by atoms with Crippen LogP contribution in [0.25, 0.3) is 10.2 Å². The predicted octanol–water partition coefficient (Wildman–Crippen LogP) is 2.71. The van der Waals surface area contributed by atoms with Gasteiger partial charge in [0.25, 0.3) is 0 Å². The number of anilines is 3. The molecule has 1 atom stereocenters. The number of hydrogen-bond donors (Lipinski definition) is 4. The first-order valence-corrected chi connectivity index (χ1v) is 11.6. The standard InChI is InChI=1S/C23H27N7O2S/c1-26-19(31)11-30(2)20(32)8-13-3-5-16-18(7-13)33-23-21(16)22(27-12-28-23)29-15-4-6-17(25)14(9-15)10-24/h4,6,9-10,12-13,24H,3,5,7-8,11,25H2,1-2H3,(H,26,31)(H,27,28,29). The second-order valence-corrected chi connectivity index (χ2v) is 9.34. The Kier molecular flexibility index (Phi) is 6.55. The number of nitrogens with two attached hydrogens (primary N) is 1. The maximum atomic E-state index is 12.6. The van der Waals surface area contributed by atoms with E-state index in [2.05, 4.69) is 20.6 Å². The maximum Gasteiger partial charge on any atom is 0.239 e. The molecule has 0 radical (unpaired) electrons. The SMILES string of the molecule is CNC(=O)CN(C)C(=O)CC1CCc2c(sc3ncnc(Nc4ccc(N)c(C=N)c4)c23)C1. The number of rotatable bonds is 7. The molecule has 9 nitrogen and oxygen atoms in total. The van der Waals surface area contributed by atoms with E-state index in [1.54, 1.807) is 37.8 Å². The predicted molar refractivity (Wildman–Crippen MR) is 131 cm³/mol. The van der Waals surface area contributed by atoms with Crippen LogP contribution < -0.4 is 16.4 Å². The summed E-state index contributed by atoms with van der Waals surface area (Å²) in [6.07, 6.45) is 5.77. The average molecular weight is 466 g/mol. The Labute approximate surface area is 195 Å². The van der Waals surface area contributed by atoms with Crippen molar-refractivity contribution < 1.29 is 9.59 Å². The third kappa shape index (κ3) is 4.80. The van der Waals surface area contributed by atoms with Gasteiger partial charge in [0.15, 0.2) is 0 Å². The molecule has 4 rings (SSSR count). The number of hydrogen-bond acceptors (Lipinski definition) is 8. The fourth-order valence-electron chi connectivity index (χ4n) is 4.15.